The fourth-order valence-electron chi connectivity index (χ4n) is 6.00. The van der Waals surface area contributed by atoms with Crippen LogP contribution in [-0.2, 0) is 5.41 Å². The lowest BCUT2D eigenvalue weighted by atomic mass is 9.67. The fraction of sp³-hybridized carbons (Fsp3) is 0.333. The fourth-order valence-corrected chi connectivity index (χ4v) is 6.00. The molecule has 0 heterocycles. The summed E-state index contributed by atoms with van der Waals surface area (Å²) in [6.07, 6.45) is 7.13. The Bertz CT molecular complexity index is 1280. The molecule has 2 aliphatic carbocycles. The largest absolute Gasteiger partial charge is 0.507 e. The number of aliphatic hydroxyl groups excluding tert-OH is 1. The molecule has 1 spiro atoms. The van der Waals surface area contributed by atoms with Gasteiger partial charge in [0.2, 0.25) is 0 Å². The van der Waals surface area contributed by atoms with Gasteiger partial charge in [-0.2, -0.15) is 0 Å². The molecule has 33 heavy (non-hydrogen) atoms. The molecule has 6 heteroatoms. The van der Waals surface area contributed by atoms with Gasteiger partial charge in [0.25, 0.3) is 0 Å². The van der Waals surface area contributed by atoms with Crippen LogP contribution in [0.3, 0.4) is 0 Å². The van der Waals surface area contributed by atoms with Crippen molar-refractivity contribution in [3.8, 4) is 28.7 Å². The highest BCUT2D eigenvalue weighted by molar-refractivity contribution is 6.05. The lowest BCUT2D eigenvalue weighted by molar-refractivity contribution is 0.269. The second kappa shape index (κ2) is 7.89. The van der Waals surface area contributed by atoms with Crippen molar-refractivity contribution < 1.29 is 30.6 Å². The second-order valence-corrected chi connectivity index (χ2v) is 9.52. The normalized spacial score (nSPS) is 22.0. The Morgan fingerprint density at radius 2 is 1.70 bits per heavy atom. The van der Waals surface area contributed by atoms with Gasteiger partial charge in [-0.15, -0.1) is 0 Å². The molecule has 2 atom stereocenters. The van der Waals surface area contributed by atoms with Crippen molar-refractivity contribution in [2.24, 2.45) is 5.92 Å². The van der Waals surface area contributed by atoms with Crippen LogP contribution in [0.2, 0.25) is 0 Å². The van der Waals surface area contributed by atoms with E-state index in [-0.39, 0.29) is 46.2 Å². The van der Waals surface area contributed by atoms with E-state index in [0.717, 1.165) is 48.8 Å². The van der Waals surface area contributed by atoms with Gasteiger partial charge in [-0.3, -0.25) is 0 Å². The van der Waals surface area contributed by atoms with Crippen molar-refractivity contribution in [3.63, 3.8) is 0 Å². The molecular weight excluding hydrogens is 420 g/mol. The van der Waals surface area contributed by atoms with Crippen molar-refractivity contribution in [1.29, 1.82) is 0 Å². The average Bonchev–Trinajstić information content (AvgIpc) is 3.19. The molecular formula is C27H28O6. The zero-order valence-electron chi connectivity index (χ0n) is 18.3. The molecule has 3 aromatic carbocycles. The number of allylic oxidation sites excluding steroid dienone is 1. The Labute approximate surface area is 191 Å². The van der Waals surface area contributed by atoms with Crippen LogP contribution in [0.15, 0.2) is 36.4 Å². The Balaban J connectivity index is 1.69. The van der Waals surface area contributed by atoms with E-state index in [0.29, 0.717) is 23.3 Å². The maximum atomic E-state index is 10.4. The van der Waals surface area contributed by atoms with Crippen LogP contribution in [0, 0.1) is 5.92 Å². The number of aliphatic hydroxyl groups is 1. The first-order valence-electron chi connectivity index (χ1n) is 11.4. The van der Waals surface area contributed by atoms with Gasteiger partial charge in [0.05, 0.1) is 5.39 Å². The standard InChI is InChI=1S/C27H28O6/c28-8-2-3-15-6-7-27(13-15)14-17(9-16-10-22(30)23(31)12-20(16)27)19-11-24(32)26(33)25-18(19)4-1-5-21(25)29/h1,4-5,9-12,15,28-33H,2-3,6-8,13-14H2. The molecule has 0 bridgehead atoms. The molecule has 5 rings (SSSR count). The monoisotopic (exact) mass is 448 g/mol. The summed E-state index contributed by atoms with van der Waals surface area (Å²) in [5.74, 6) is -0.643. The van der Waals surface area contributed by atoms with E-state index in [4.69, 9.17) is 0 Å². The molecule has 2 aliphatic rings. The van der Waals surface area contributed by atoms with Gasteiger partial charge in [-0.05, 0) is 96.4 Å². The predicted octanol–water partition coefficient (Wildman–Crippen LogP) is 5.12. The Morgan fingerprint density at radius 3 is 2.48 bits per heavy atom. The van der Waals surface area contributed by atoms with Gasteiger partial charge >= 0.3 is 0 Å². The van der Waals surface area contributed by atoms with E-state index in [1.54, 1.807) is 24.3 Å². The summed E-state index contributed by atoms with van der Waals surface area (Å²) in [4.78, 5) is 0. The van der Waals surface area contributed by atoms with E-state index >= 15 is 0 Å². The SMILES string of the molecule is OCCCC1CCC2(CC(c3cc(O)c(O)c4c(O)cccc34)=Cc3cc(O)c(O)cc32)C1. The first-order chi connectivity index (χ1) is 15.8. The number of rotatable bonds is 4. The van der Waals surface area contributed by atoms with Crippen LogP contribution in [0.1, 0.15) is 55.2 Å². The minimum absolute atomic E-state index is 0.110. The van der Waals surface area contributed by atoms with Gasteiger partial charge in [0, 0.05) is 12.0 Å². The highest BCUT2D eigenvalue weighted by Gasteiger charge is 2.44. The number of hydrogen-bond acceptors (Lipinski definition) is 6. The topological polar surface area (TPSA) is 121 Å². The summed E-state index contributed by atoms with van der Waals surface area (Å²) in [7, 11) is 0. The third-order valence-electron chi connectivity index (χ3n) is 7.50. The van der Waals surface area contributed by atoms with Crippen LogP contribution in [-0.4, -0.2) is 37.2 Å². The second-order valence-electron chi connectivity index (χ2n) is 9.52. The van der Waals surface area contributed by atoms with E-state index in [1.165, 1.54) is 12.1 Å². The zero-order valence-corrected chi connectivity index (χ0v) is 18.3. The van der Waals surface area contributed by atoms with Crippen molar-refractivity contribution >= 4 is 22.4 Å². The summed E-state index contributed by atoms with van der Waals surface area (Å²) in [5.41, 5.74) is 3.22. The van der Waals surface area contributed by atoms with E-state index in [9.17, 15) is 30.6 Å². The smallest absolute Gasteiger partial charge is 0.169 e. The number of hydrogen-bond donors (Lipinski definition) is 6. The van der Waals surface area contributed by atoms with Gasteiger partial charge in [0.1, 0.15) is 5.75 Å². The molecule has 1 saturated carbocycles. The van der Waals surface area contributed by atoms with Crippen LogP contribution in [0.5, 0.6) is 28.7 Å². The van der Waals surface area contributed by atoms with Gasteiger partial charge < -0.3 is 30.6 Å². The zero-order chi connectivity index (χ0) is 23.3. The van der Waals surface area contributed by atoms with Crippen molar-refractivity contribution in [3.05, 3.63) is 53.1 Å². The lowest BCUT2D eigenvalue weighted by Gasteiger charge is -2.37. The quantitative estimate of drug-likeness (QED) is 0.308. The third-order valence-corrected chi connectivity index (χ3v) is 7.50. The first-order valence-corrected chi connectivity index (χ1v) is 11.4. The van der Waals surface area contributed by atoms with Gasteiger partial charge in [-0.25, -0.2) is 0 Å². The van der Waals surface area contributed by atoms with Gasteiger partial charge in [-0.1, -0.05) is 18.2 Å². The summed E-state index contributed by atoms with van der Waals surface area (Å²) in [6.45, 7) is 0.169. The Hall–Kier alpha value is -3.38. The molecule has 0 amide bonds. The van der Waals surface area contributed by atoms with Crippen LogP contribution in [0.4, 0.5) is 0 Å². The number of phenolic OH excluding ortho intramolecular Hbond substituents is 5. The maximum absolute atomic E-state index is 10.4. The van der Waals surface area contributed by atoms with E-state index in [1.807, 2.05) is 6.08 Å². The molecule has 172 valence electrons. The summed E-state index contributed by atoms with van der Waals surface area (Å²) in [6, 6.07) is 9.76. The third kappa shape index (κ3) is 3.45. The Morgan fingerprint density at radius 1 is 0.909 bits per heavy atom. The Kier molecular flexibility index (Phi) is 5.13. The molecule has 1 fully saturated rings. The van der Waals surface area contributed by atoms with Crippen LogP contribution in [0.25, 0.3) is 22.4 Å². The maximum Gasteiger partial charge on any atom is 0.169 e. The minimum atomic E-state index is -0.356. The molecule has 0 radical (unpaired) electrons. The highest BCUT2D eigenvalue weighted by Crippen LogP contribution is 2.56. The number of phenols is 5. The molecule has 0 aromatic heterocycles. The summed E-state index contributed by atoms with van der Waals surface area (Å²) in [5, 5.41) is 61.8. The average molecular weight is 449 g/mol. The molecule has 0 saturated heterocycles. The van der Waals surface area contributed by atoms with Crippen molar-refractivity contribution in [1.82, 2.24) is 0 Å². The van der Waals surface area contributed by atoms with Crippen molar-refractivity contribution in [2.75, 3.05) is 6.61 Å². The number of fused-ring (bicyclic) bond motifs is 3. The van der Waals surface area contributed by atoms with E-state index < -0.39 is 0 Å². The van der Waals surface area contributed by atoms with Crippen LogP contribution >= 0.6 is 0 Å². The predicted molar refractivity (Wildman–Crippen MR) is 127 cm³/mol. The molecule has 0 aliphatic heterocycles. The first kappa shape index (κ1) is 21.5. The summed E-state index contributed by atoms with van der Waals surface area (Å²) >= 11 is 0. The molecule has 3 aromatic rings. The molecule has 6 N–H and O–H groups in total. The van der Waals surface area contributed by atoms with Gasteiger partial charge in [0.15, 0.2) is 23.0 Å². The highest BCUT2D eigenvalue weighted by atomic mass is 16.3. The molecule has 6 nitrogen and oxygen atoms in total. The number of benzene rings is 3. The lowest BCUT2D eigenvalue weighted by Crippen LogP contribution is -2.27. The number of aromatic hydroxyl groups is 5. The van der Waals surface area contributed by atoms with Crippen LogP contribution < -0.4 is 0 Å². The van der Waals surface area contributed by atoms with Crippen molar-refractivity contribution in [2.45, 2.75) is 43.9 Å². The molecule has 2 unspecified atom stereocenters. The van der Waals surface area contributed by atoms with E-state index in [2.05, 4.69) is 0 Å². The summed E-state index contributed by atoms with van der Waals surface area (Å²) < 4.78 is 0. The minimum Gasteiger partial charge on any atom is -0.507 e.